The van der Waals surface area contributed by atoms with Crippen LogP contribution in [0.4, 0.5) is 0 Å². The number of alkyl halides is 1. The number of halogens is 1. The molecule has 1 unspecified atom stereocenters. The van der Waals surface area contributed by atoms with Crippen molar-refractivity contribution in [3.63, 3.8) is 0 Å². The van der Waals surface area contributed by atoms with Gasteiger partial charge in [-0.05, 0) is 37.5 Å². The SMILES string of the molecule is BrC1CCC2(CCC2)C1. The fourth-order valence-corrected chi connectivity index (χ4v) is 3.18. The molecule has 0 aromatic carbocycles. The minimum Gasteiger partial charge on any atom is -0.0890 e. The summed E-state index contributed by atoms with van der Waals surface area (Å²) in [5.41, 5.74) is 0.841. The lowest BCUT2D eigenvalue weighted by molar-refractivity contribution is 0.144. The van der Waals surface area contributed by atoms with E-state index in [1.165, 1.54) is 38.5 Å². The molecule has 0 bridgehead atoms. The van der Waals surface area contributed by atoms with Crippen molar-refractivity contribution in [3.8, 4) is 0 Å². The Labute approximate surface area is 65.1 Å². The maximum atomic E-state index is 3.69. The minimum atomic E-state index is 0.841. The van der Waals surface area contributed by atoms with Gasteiger partial charge in [0.15, 0.2) is 0 Å². The van der Waals surface area contributed by atoms with E-state index in [1.54, 1.807) is 0 Å². The lowest BCUT2D eigenvalue weighted by atomic mass is 9.68. The predicted octanol–water partition coefficient (Wildman–Crippen LogP) is 3.10. The lowest BCUT2D eigenvalue weighted by Crippen LogP contribution is -2.25. The third-order valence-corrected chi connectivity index (χ3v) is 3.84. The Balaban J connectivity index is 1.99. The van der Waals surface area contributed by atoms with Gasteiger partial charge in [-0.15, -0.1) is 0 Å². The van der Waals surface area contributed by atoms with Crippen molar-refractivity contribution in [2.45, 2.75) is 43.4 Å². The average molecular weight is 189 g/mol. The van der Waals surface area contributed by atoms with Gasteiger partial charge in [0.1, 0.15) is 0 Å². The zero-order valence-electron chi connectivity index (χ0n) is 5.70. The van der Waals surface area contributed by atoms with Crippen LogP contribution in [0.3, 0.4) is 0 Å². The average Bonchev–Trinajstić information content (AvgIpc) is 2.09. The molecule has 0 heterocycles. The summed E-state index contributed by atoms with van der Waals surface area (Å²) < 4.78 is 0. The molecule has 2 aliphatic carbocycles. The zero-order valence-corrected chi connectivity index (χ0v) is 7.28. The molecule has 1 spiro atoms. The monoisotopic (exact) mass is 188 g/mol. The molecule has 1 heteroatoms. The standard InChI is InChI=1S/C8H13Br/c9-7-2-5-8(6-7)3-1-4-8/h7H,1-6H2. The van der Waals surface area contributed by atoms with Gasteiger partial charge in [0, 0.05) is 4.83 Å². The van der Waals surface area contributed by atoms with Gasteiger partial charge < -0.3 is 0 Å². The zero-order chi connectivity index (χ0) is 6.32. The second-order valence-electron chi connectivity index (χ2n) is 3.69. The number of hydrogen-bond donors (Lipinski definition) is 0. The molecule has 2 fully saturated rings. The third kappa shape index (κ3) is 0.938. The van der Waals surface area contributed by atoms with Crippen LogP contribution in [0.1, 0.15) is 38.5 Å². The van der Waals surface area contributed by atoms with Crippen LogP contribution in [0.5, 0.6) is 0 Å². The van der Waals surface area contributed by atoms with Crippen LogP contribution in [0.2, 0.25) is 0 Å². The van der Waals surface area contributed by atoms with Gasteiger partial charge in [0.05, 0.1) is 0 Å². The van der Waals surface area contributed by atoms with E-state index in [-0.39, 0.29) is 0 Å². The first-order valence-electron chi connectivity index (χ1n) is 3.95. The van der Waals surface area contributed by atoms with E-state index in [0.29, 0.717) is 0 Å². The van der Waals surface area contributed by atoms with Crippen molar-refractivity contribution in [3.05, 3.63) is 0 Å². The van der Waals surface area contributed by atoms with Gasteiger partial charge in [0.25, 0.3) is 0 Å². The fraction of sp³-hybridized carbons (Fsp3) is 1.00. The first-order chi connectivity index (χ1) is 4.31. The van der Waals surface area contributed by atoms with Crippen LogP contribution in [0.15, 0.2) is 0 Å². The van der Waals surface area contributed by atoms with Gasteiger partial charge in [0.2, 0.25) is 0 Å². The normalized spacial score (nSPS) is 39.0. The highest BCUT2D eigenvalue weighted by atomic mass is 79.9. The highest BCUT2D eigenvalue weighted by Gasteiger charge is 2.42. The Kier molecular flexibility index (Phi) is 1.37. The molecule has 1 atom stereocenters. The van der Waals surface area contributed by atoms with Crippen LogP contribution in [0.25, 0.3) is 0 Å². The molecule has 52 valence electrons. The third-order valence-electron chi connectivity index (χ3n) is 3.06. The smallest absolute Gasteiger partial charge is 0.0151 e. The number of rotatable bonds is 0. The second-order valence-corrected chi connectivity index (χ2v) is 4.99. The molecule has 0 aliphatic heterocycles. The van der Waals surface area contributed by atoms with E-state index in [1.807, 2.05) is 0 Å². The fourth-order valence-electron chi connectivity index (χ4n) is 2.27. The first-order valence-corrected chi connectivity index (χ1v) is 4.86. The second kappa shape index (κ2) is 1.98. The van der Waals surface area contributed by atoms with Crippen LogP contribution in [0, 0.1) is 5.41 Å². The summed E-state index contributed by atoms with van der Waals surface area (Å²) in [5.74, 6) is 0. The molecule has 0 radical (unpaired) electrons. The Morgan fingerprint density at radius 2 is 2.00 bits per heavy atom. The van der Waals surface area contributed by atoms with E-state index >= 15 is 0 Å². The highest BCUT2D eigenvalue weighted by Crippen LogP contribution is 2.54. The molecule has 0 N–H and O–H groups in total. The molecule has 2 rings (SSSR count). The first kappa shape index (κ1) is 6.21. The van der Waals surface area contributed by atoms with E-state index in [9.17, 15) is 0 Å². The largest absolute Gasteiger partial charge is 0.0890 e. The topological polar surface area (TPSA) is 0 Å². The lowest BCUT2D eigenvalue weighted by Gasteiger charge is -2.38. The Bertz CT molecular complexity index is 116. The highest BCUT2D eigenvalue weighted by molar-refractivity contribution is 9.09. The summed E-state index contributed by atoms with van der Waals surface area (Å²) in [6.45, 7) is 0. The summed E-state index contributed by atoms with van der Waals surface area (Å²) in [5, 5.41) is 0. The molecule has 2 aliphatic rings. The molecule has 2 saturated carbocycles. The molecule has 0 aromatic rings. The van der Waals surface area contributed by atoms with Crippen molar-refractivity contribution >= 4 is 15.9 Å². The van der Waals surface area contributed by atoms with Gasteiger partial charge in [-0.1, -0.05) is 22.4 Å². The molecule has 0 nitrogen and oxygen atoms in total. The van der Waals surface area contributed by atoms with Crippen molar-refractivity contribution in [2.24, 2.45) is 5.41 Å². The Hall–Kier alpha value is 0.480. The van der Waals surface area contributed by atoms with Gasteiger partial charge in [-0.3, -0.25) is 0 Å². The van der Waals surface area contributed by atoms with E-state index in [2.05, 4.69) is 15.9 Å². The molecule has 0 saturated heterocycles. The summed E-state index contributed by atoms with van der Waals surface area (Å²) >= 11 is 3.69. The van der Waals surface area contributed by atoms with Crippen molar-refractivity contribution < 1.29 is 0 Å². The van der Waals surface area contributed by atoms with Crippen molar-refractivity contribution in [1.29, 1.82) is 0 Å². The number of hydrogen-bond acceptors (Lipinski definition) is 0. The maximum absolute atomic E-state index is 3.69. The summed E-state index contributed by atoms with van der Waals surface area (Å²) in [6.07, 6.45) is 8.94. The minimum absolute atomic E-state index is 0.841. The predicted molar refractivity (Wildman–Crippen MR) is 42.9 cm³/mol. The van der Waals surface area contributed by atoms with Crippen molar-refractivity contribution in [2.75, 3.05) is 0 Å². The van der Waals surface area contributed by atoms with Gasteiger partial charge in [-0.25, -0.2) is 0 Å². The van der Waals surface area contributed by atoms with Crippen molar-refractivity contribution in [1.82, 2.24) is 0 Å². The van der Waals surface area contributed by atoms with Crippen LogP contribution in [-0.4, -0.2) is 4.83 Å². The van der Waals surface area contributed by atoms with Crippen LogP contribution in [-0.2, 0) is 0 Å². The molecule has 0 amide bonds. The Morgan fingerprint density at radius 1 is 1.22 bits per heavy atom. The van der Waals surface area contributed by atoms with E-state index < -0.39 is 0 Å². The molecular weight excluding hydrogens is 176 g/mol. The summed E-state index contributed by atoms with van der Waals surface area (Å²) in [4.78, 5) is 0.859. The van der Waals surface area contributed by atoms with Gasteiger partial charge >= 0.3 is 0 Å². The Morgan fingerprint density at radius 3 is 2.22 bits per heavy atom. The van der Waals surface area contributed by atoms with E-state index in [0.717, 1.165) is 10.2 Å². The van der Waals surface area contributed by atoms with E-state index in [4.69, 9.17) is 0 Å². The molecule has 0 aromatic heterocycles. The quantitative estimate of drug-likeness (QED) is 0.513. The summed E-state index contributed by atoms with van der Waals surface area (Å²) in [6, 6.07) is 0. The summed E-state index contributed by atoms with van der Waals surface area (Å²) in [7, 11) is 0. The maximum Gasteiger partial charge on any atom is 0.0151 e. The molecular formula is C8H13Br. The molecule has 9 heavy (non-hydrogen) atoms. The van der Waals surface area contributed by atoms with Crippen LogP contribution < -0.4 is 0 Å². The van der Waals surface area contributed by atoms with Crippen LogP contribution >= 0.6 is 15.9 Å². The van der Waals surface area contributed by atoms with Gasteiger partial charge in [-0.2, -0.15) is 0 Å².